The summed E-state index contributed by atoms with van der Waals surface area (Å²) >= 11 is 0. The van der Waals surface area contributed by atoms with Gasteiger partial charge < -0.3 is 10.2 Å². The number of carbonyl (C=O) groups is 2. The molecule has 1 aliphatic heterocycles. The Bertz CT molecular complexity index is 377. The van der Waals surface area contributed by atoms with E-state index in [1.165, 1.54) is 0 Å². The Morgan fingerprint density at radius 1 is 1.25 bits per heavy atom. The highest BCUT2D eigenvalue weighted by Gasteiger charge is 2.47. The summed E-state index contributed by atoms with van der Waals surface area (Å²) in [6.45, 7) is 9.09. The van der Waals surface area contributed by atoms with Crippen LogP contribution in [0.5, 0.6) is 0 Å². The van der Waals surface area contributed by atoms with Crippen molar-refractivity contribution in [2.24, 2.45) is 17.8 Å². The Morgan fingerprint density at radius 2 is 1.90 bits per heavy atom. The predicted octanol–water partition coefficient (Wildman–Crippen LogP) is 2.18. The quantitative estimate of drug-likeness (QED) is 0.811. The number of piperazine rings is 1. The van der Waals surface area contributed by atoms with Crippen molar-refractivity contribution in [3.8, 4) is 0 Å². The van der Waals surface area contributed by atoms with Crippen LogP contribution in [0.15, 0.2) is 0 Å². The van der Waals surface area contributed by atoms with Crippen LogP contribution in [0.4, 0.5) is 0 Å². The Balaban J connectivity index is 2.14. The zero-order chi connectivity index (χ0) is 14.9. The lowest BCUT2D eigenvalue weighted by molar-refractivity contribution is -0.152. The maximum absolute atomic E-state index is 12.7. The van der Waals surface area contributed by atoms with Gasteiger partial charge in [-0.2, -0.15) is 0 Å². The highest BCUT2D eigenvalue weighted by Crippen LogP contribution is 2.36. The number of hydrogen-bond donors (Lipinski definition) is 1. The molecule has 1 saturated heterocycles. The van der Waals surface area contributed by atoms with Gasteiger partial charge >= 0.3 is 0 Å². The fraction of sp³-hybridized carbons (Fsp3) is 0.875. The molecule has 2 aliphatic rings. The maximum Gasteiger partial charge on any atom is 0.246 e. The number of nitrogens with zero attached hydrogens (tertiary/aromatic N) is 1. The first-order chi connectivity index (χ1) is 9.45. The molecule has 4 heteroatoms. The highest BCUT2D eigenvalue weighted by atomic mass is 16.2. The van der Waals surface area contributed by atoms with Crippen LogP contribution in [-0.2, 0) is 9.59 Å². The third kappa shape index (κ3) is 3.15. The molecule has 1 N–H and O–H groups in total. The van der Waals surface area contributed by atoms with Gasteiger partial charge in [-0.25, -0.2) is 0 Å². The minimum Gasteiger partial charge on any atom is -0.342 e. The number of amides is 2. The number of hydrogen-bond acceptors (Lipinski definition) is 2. The lowest BCUT2D eigenvalue weighted by Crippen LogP contribution is -2.66. The van der Waals surface area contributed by atoms with Gasteiger partial charge in [0.15, 0.2) is 0 Å². The molecule has 1 saturated carbocycles. The third-order valence-corrected chi connectivity index (χ3v) is 4.47. The molecule has 2 amide bonds. The third-order valence-electron chi connectivity index (χ3n) is 4.47. The molecule has 2 rings (SSSR count). The minimum atomic E-state index is -0.295. The first kappa shape index (κ1) is 15.3. The summed E-state index contributed by atoms with van der Waals surface area (Å²) in [6, 6.07) is -0.553. The molecule has 1 aliphatic carbocycles. The lowest BCUT2D eigenvalue weighted by Gasteiger charge is -2.42. The Labute approximate surface area is 122 Å². The monoisotopic (exact) mass is 280 g/mol. The smallest absolute Gasteiger partial charge is 0.246 e. The van der Waals surface area contributed by atoms with E-state index >= 15 is 0 Å². The van der Waals surface area contributed by atoms with Crippen LogP contribution < -0.4 is 5.32 Å². The molecule has 0 spiro atoms. The van der Waals surface area contributed by atoms with Crippen molar-refractivity contribution in [1.29, 1.82) is 0 Å². The van der Waals surface area contributed by atoms with Crippen LogP contribution >= 0.6 is 0 Å². The fourth-order valence-electron chi connectivity index (χ4n) is 3.29. The van der Waals surface area contributed by atoms with E-state index in [0.29, 0.717) is 18.4 Å². The fourth-order valence-corrected chi connectivity index (χ4v) is 3.29. The Hall–Kier alpha value is -1.06. The average Bonchev–Trinajstić information content (AvgIpc) is 3.17. The molecule has 0 aromatic heterocycles. The molecule has 1 heterocycles. The predicted molar refractivity (Wildman–Crippen MR) is 79.1 cm³/mol. The molecule has 2 fully saturated rings. The van der Waals surface area contributed by atoms with Gasteiger partial charge in [-0.1, -0.05) is 34.1 Å². The van der Waals surface area contributed by atoms with Crippen LogP contribution in [-0.4, -0.2) is 35.3 Å². The summed E-state index contributed by atoms with van der Waals surface area (Å²) < 4.78 is 0. The number of rotatable bonds is 6. The maximum atomic E-state index is 12.7. The van der Waals surface area contributed by atoms with Gasteiger partial charge in [0.05, 0.1) is 0 Å². The van der Waals surface area contributed by atoms with Crippen LogP contribution in [0.1, 0.15) is 53.4 Å². The van der Waals surface area contributed by atoms with Gasteiger partial charge in [0.2, 0.25) is 11.8 Å². The molecule has 3 atom stereocenters. The van der Waals surface area contributed by atoms with E-state index in [-0.39, 0.29) is 29.8 Å². The second-order valence-corrected chi connectivity index (χ2v) is 6.90. The molecule has 0 aromatic carbocycles. The van der Waals surface area contributed by atoms with Crippen LogP contribution in [0, 0.1) is 17.8 Å². The van der Waals surface area contributed by atoms with Crippen LogP contribution in [0.3, 0.4) is 0 Å². The van der Waals surface area contributed by atoms with Crippen molar-refractivity contribution in [2.45, 2.75) is 65.5 Å². The summed E-state index contributed by atoms with van der Waals surface area (Å²) in [7, 11) is 0. The van der Waals surface area contributed by atoms with Crippen LogP contribution in [0.2, 0.25) is 0 Å². The summed E-state index contributed by atoms with van der Waals surface area (Å²) in [5.74, 6) is 1.18. The largest absolute Gasteiger partial charge is 0.342 e. The van der Waals surface area contributed by atoms with E-state index in [0.717, 1.165) is 25.7 Å². The van der Waals surface area contributed by atoms with Crippen molar-refractivity contribution in [3.63, 3.8) is 0 Å². The summed E-state index contributed by atoms with van der Waals surface area (Å²) in [5, 5.41) is 2.96. The van der Waals surface area contributed by atoms with E-state index < -0.39 is 0 Å². The molecule has 4 nitrogen and oxygen atoms in total. The second-order valence-electron chi connectivity index (χ2n) is 6.90. The van der Waals surface area contributed by atoms with Gasteiger partial charge in [0.1, 0.15) is 12.1 Å². The highest BCUT2D eigenvalue weighted by molar-refractivity contribution is 5.97. The molecule has 0 bridgehead atoms. The summed E-state index contributed by atoms with van der Waals surface area (Å²) in [5.41, 5.74) is 0. The lowest BCUT2D eigenvalue weighted by atomic mass is 9.93. The Morgan fingerprint density at radius 3 is 2.40 bits per heavy atom. The first-order valence-electron chi connectivity index (χ1n) is 8.06. The molecule has 20 heavy (non-hydrogen) atoms. The van der Waals surface area contributed by atoms with Gasteiger partial charge in [0.25, 0.3) is 0 Å². The number of nitrogens with one attached hydrogen (secondary N) is 1. The van der Waals surface area contributed by atoms with E-state index in [1.54, 1.807) is 0 Å². The van der Waals surface area contributed by atoms with Gasteiger partial charge in [0, 0.05) is 6.54 Å². The van der Waals surface area contributed by atoms with Crippen molar-refractivity contribution in [1.82, 2.24) is 10.2 Å². The SMILES string of the molecule is CCCC(C)CN1C(=O)C(C2CC2)NC(=O)C1C(C)C. The molecule has 114 valence electrons. The molecule has 3 unspecified atom stereocenters. The van der Waals surface area contributed by atoms with Crippen molar-refractivity contribution in [3.05, 3.63) is 0 Å². The zero-order valence-corrected chi connectivity index (χ0v) is 13.2. The first-order valence-corrected chi connectivity index (χ1v) is 8.06. The van der Waals surface area contributed by atoms with E-state index in [2.05, 4.69) is 19.2 Å². The van der Waals surface area contributed by atoms with Crippen LogP contribution in [0.25, 0.3) is 0 Å². The molecular formula is C16H28N2O2. The van der Waals surface area contributed by atoms with Gasteiger partial charge in [-0.15, -0.1) is 0 Å². The van der Waals surface area contributed by atoms with E-state index in [9.17, 15) is 9.59 Å². The molecule has 0 radical (unpaired) electrons. The molecule has 0 aromatic rings. The van der Waals surface area contributed by atoms with Gasteiger partial charge in [-0.05, 0) is 37.0 Å². The van der Waals surface area contributed by atoms with Gasteiger partial charge in [-0.3, -0.25) is 9.59 Å². The number of carbonyl (C=O) groups excluding carboxylic acids is 2. The summed E-state index contributed by atoms with van der Waals surface area (Å²) in [4.78, 5) is 27.0. The summed E-state index contributed by atoms with van der Waals surface area (Å²) in [6.07, 6.45) is 4.36. The zero-order valence-electron chi connectivity index (χ0n) is 13.2. The average molecular weight is 280 g/mol. The minimum absolute atomic E-state index is 0.0419. The second kappa shape index (κ2) is 6.15. The normalized spacial score (nSPS) is 28.8. The topological polar surface area (TPSA) is 49.4 Å². The van der Waals surface area contributed by atoms with Crippen molar-refractivity contribution >= 4 is 11.8 Å². The Kier molecular flexibility index (Phi) is 4.71. The van der Waals surface area contributed by atoms with E-state index in [1.807, 2.05) is 18.7 Å². The molecular weight excluding hydrogens is 252 g/mol. The standard InChI is InChI=1S/C16H28N2O2/c1-5-6-11(4)9-18-14(10(2)3)15(19)17-13(16(18)20)12-7-8-12/h10-14H,5-9H2,1-4H3,(H,17,19). The van der Waals surface area contributed by atoms with Crippen molar-refractivity contribution in [2.75, 3.05) is 6.54 Å². The van der Waals surface area contributed by atoms with E-state index in [4.69, 9.17) is 0 Å². The van der Waals surface area contributed by atoms with Crippen molar-refractivity contribution < 1.29 is 9.59 Å².